The SMILES string of the molecule is COc1cc(NC(=S)Nc2ccc(F)cc2)cc(OC)c1OC. The first kappa shape index (κ1) is 16.8. The highest BCUT2D eigenvalue weighted by atomic mass is 32.1. The van der Waals surface area contributed by atoms with Crippen LogP contribution >= 0.6 is 12.2 Å². The minimum absolute atomic E-state index is 0.306. The predicted molar refractivity (Wildman–Crippen MR) is 92.3 cm³/mol. The normalized spacial score (nSPS) is 9.91. The Hall–Kier alpha value is -2.54. The molecule has 0 spiro atoms. The summed E-state index contributed by atoms with van der Waals surface area (Å²) in [4.78, 5) is 0. The van der Waals surface area contributed by atoms with Gasteiger partial charge in [-0.2, -0.15) is 0 Å². The van der Waals surface area contributed by atoms with Crippen LogP contribution in [-0.2, 0) is 0 Å². The average molecular weight is 336 g/mol. The topological polar surface area (TPSA) is 51.8 Å². The van der Waals surface area contributed by atoms with E-state index in [1.807, 2.05) is 0 Å². The minimum Gasteiger partial charge on any atom is -0.493 e. The second-order valence-corrected chi connectivity index (χ2v) is 4.91. The monoisotopic (exact) mass is 336 g/mol. The summed E-state index contributed by atoms with van der Waals surface area (Å²) in [6, 6.07) is 9.37. The summed E-state index contributed by atoms with van der Waals surface area (Å²) in [5.41, 5.74) is 1.34. The van der Waals surface area contributed by atoms with Gasteiger partial charge in [-0.1, -0.05) is 0 Å². The van der Waals surface area contributed by atoms with E-state index in [2.05, 4.69) is 10.6 Å². The molecule has 0 amide bonds. The van der Waals surface area contributed by atoms with Crippen LogP contribution < -0.4 is 24.8 Å². The zero-order valence-electron chi connectivity index (χ0n) is 13.0. The van der Waals surface area contributed by atoms with Gasteiger partial charge in [-0.05, 0) is 36.5 Å². The first-order chi connectivity index (χ1) is 11.1. The molecule has 2 N–H and O–H groups in total. The van der Waals surface area contributed by atoms with Crippen molar-refractivity contribution in [3.8, 4) is 17.2 Å². The van der Waals surface area contributed by atoms with Gasteiger partial charge < -0.3 is 24.8 Å². The molecule has 0 aliphatic heterocycles. The Kier molecular flexibility index (Phi) is 5.59. The van der Waals surface area contributed by atoms with Gasteiger partial charge in [0, 0.05) is 23.5 Å². The molecule has 0 aromatic heterocycles. The van der Waals surface area contributed by atoms with E-state index in [1.54, 1.807) is 24.3 Å². The molecule has 0 bridgehead atoms. The van der Waals surface area contributed by atoms with Gasteiger partial charge in [0.25, 0.3) is 0 Å². The van der Waals surface area contributed by atoms with E-state index in [1.165, 1.54) is 33.5 Å². The number of thiocarbonyl (C=S) groups is 1. The van der Waals surface area contributed by atoms with E-state index in [0.717, 1.165) is 0 Å². The summed E-state index contributed by atoms with van der Waals surface area (Å²) in [6.07, 6.45) is 0. The Morgan fingerprint density at radius 3 is 1.87 bits per heavy atom. The standard InChI is InChI=1S/C16H17FN2O3S/c1-20-13-8-12(9-14(21-2)15(13)22-3)19-16(23)18-11-6-4-10(17)5-7-11/h4-9H,1-3H3,(H2,18,19,23). The molecule has 2 rings (SSSR count). The van der Waals surface area contributed by atoms with E-state index in [4.69, 9.17) is 26.4 Å². The summed E-state index contributed by atoms with van der Waals surface area (Å²) in [6.45, 7) is 0. The summed E-state index contributed by atoms with van der Waals surface area (Å²) in [5.74, 6) is 1.22. The number of rotatable bonds is 5. The van der Waals surface area contributed by atoms with Gasteiger partial charge in [0.05, 0.1) is 21.3 Å². The van der Waals surface area contributed by atoms with Crippen LogP contribution in [0.1, 0.15) is 0 Å². The quantitative estimate of drug-likeness (QED) is 0.813. The second kappa shape index (κ2) is 7.64. The van der Waals surface area contributed by atoms with Gasteiger partial charge in [-0.3, -0.25) is 0 Å². The van der Waals surface area contributed by atoms with Crippen LogP contribution in [0.4, 0.5) is 15.8 Å². The highest BCUT2D eigenvalue weighted by Crippen LogP contribution is 2.39. The minimum atomic E-state index is -0.306. The maximum absolute atomic E-state index is 12.9. The third-order valence-corrected chi connectivity index (χ3v) is 3.23. The summed E-state index contributed by atoms with van der Waals surface area (Å²) in [5, 5.41) is 6.33. The first-order valence-electron chi connectivity index (χ1n) is 6.71. The molecule has 0 saturated carbocycles. The van der Waals surface area contributed by atoms with Crippen molar-refractivity contribution in [3.05, 3.63) is 42.2 Å². The van der Waals surface area contributed by atoms with Gasteiger partial charge in [0.2, 0.25) is 5.75 Å². The molecule has 0 unspecified atom stereocenters. The van der Waals surface area contributed by atoms with Crippen molar-refractivity contribution in [2.75, 3.05) is 32.0 Å². The van der Waals surface area contributed by atoms with Crippen LogP contribution in [-0.4, -0.2) is 26.4 Å². The highest BCUT2D eigenvalue weighted by Gasteiger charge is 2.13. The predicted octanol–water partition coefficient (Wildman–Crippen LogP) is 3.66. The third kappa shape index (κ3) is 4.23. The summed E-state index contributed by atoms with van der Waals surface area (Å²) < 4.78 is 28.7. The lowest BCUT2D eigenvalue weighted by molar-refractivity contribution is 0.324. The largest absolute Gasteiger partial charge is 0.493 e. The molecule has 7 heteroatoms. The molecule has 2 aromatic rings. The maximum atomic E-state index is 12.9. The Balaban J connectivity index is 2.15. The molecule has 0 saturated heterocycles. The second-order valence-electron chi connectivity index (χ2n) is 4.50. The molecule has 0 fully saturated rings. The van der Waals surface area contributed by atoms with Crippen LogP contribution in [0.25, 0.3) is 0 Å². The molecule has 0 aliphatic rings. The van der Waals surface area contributed by atoms with E-state index in [0.29, 0.717) is 33.7 Å². The van der Waals surface area contributed by atoms with Crippen molar-refractivity contribution < 1.29 is 18.6 Å². The van der Waals surface area contributed by atoms with E-state index < -0.39 is 0 Å². The lowest BCUT2D eigenvalue weighted by atomic mass is 10.2. The van der Waals surface area contributed by atoms with Crippen LogP contribution in [0.15, 0.2) is 36.4 Å². The fourth-order valence-electron chi connectivity index (χ4n) is 1.98. The fourth-order valence-corrected chi connectivity index (χ4v) is 2.22. The Bertz CT molecular complexity index is 667. The van der Waals surface area contributed by atoms with Crippen molar-refractivity contribution in [3.63, 3.8) is 0 Å². The Labute approximate surface area is 139 Å². The lowest BCUT2D eigenvalue weighted by Crippen LogP contribution is -2.19. The van der Waals surface area contributed by atoms with Crippen molar-refractivity contribution >= 4 is 28.7 Å². The smallest absolute Gasteiger partial charge is 0.203 e. The van der Waals surface area contributed by atoms with Gasteiger partial charge in [-0.25, -0.2) is 4.39 Å². The molecule has 0 heterocycles. The zero-order chi connectivity index (χ0) is 16.8. The maximum Gasteiger partial charge on any atom is 0.203 e. The van der Waals surface area contributed by atoms with Gasteiger partial charge in [-0.15, -0.1) is 0 Å². The molecule has 0 radical (unpaired) electrons. The molecule has 5 nitrogen and oxygen atoms in total. The number of anilines is 2. The molecule has 0 atom stereocenters. The molecule has 2 aromatic carbocycles. The average Bonchev–Trinajstić information content (AvgIpc) is 2.55. The Morgan fingerprint density at radius 1 is 0.870 bits per heavy atom. The number of nitrogens with one attached hydrogen (secondary N) is 2. The fraction of sp³-hybridized carbons (Fsp3) is 0.188. The van der Waals surface area contributed by atoms with Crippen LogP contribution in [0.2, 0.25) is 0 Å². The van der Waals surface area contributed by atoms with Gasteiger partial charge in [0.15, 0.2) is 16.6 Å². The van der Waals surface area contributed by atoms with Crippen molar-refractivity contribution in [1.82, 2.24) is 0 Å². The van der Waals surface area contributed by atoms with Crippen molar-refractivity contribution in [2.45, 2.75) is 0 Å². The van der Waals surface area contributed by atoms with Crippen molar-refractivity contribution in [1.29, 1.82) is 0 Å². The lowest BCUT2D eigenvalue weighted by Gasteiger charge is -2.16. The van der Waals surface area contributed by atoms with Gasteiger partial charge in [0.1, 0.15) is 5.82 Å². The van der Waals surface area contributed by atoms with E-state index >= 15 is 0 Å². The number of hydrogen-bond acceptors (Lipinski definition) is 4. The molecular weight excluding hydrogens is 319 g/mol. The highest BCUT2D eigenvalue weighted by molar-refractivity contribution is 7.80. The zero-order valence-corrected chi connectivity index (χ0v) is 13.8. The Morgan fingerprint density at radius 2 is 1.39 bits per heavy atom. The van der Waals surface area contributed by atoms with Crippen LogP contribution in [0, 0.1) is 5.82 Å². The number of benzene rings is 2. The van der Waals surface area contributed by atoms with Crippen molar-refractivity contribution in [2.24, 2.45) is 0 Å². The van der Waals surface area contributed by atoms with Crippen LogP contribution in [0.5, 0.6) is 17.2 Å². The number of halogens is 1. The third-order valence-electron chi connectivity index (χ3n) is 3.02. The van der Waals surface area contributed by atoms with Crippen LogP contribution in [0.3, 0.4) is 0 Å². The van der Waals surface area contributed by atoms with E-state index in [-0.39, 0.29) is 5.82 Å². The molecule has 0 aliphatic carbocycles. The number of methoxy groups -OCH3 is 3. The molecule has 23 heavy (non-hydrogen) atoms. The number of hydrogen-bond donors (Lipinski definition) is 2. The summed E-state index contributed by atoms with van der Waals surface area (Å²) in [7, 11) is 4.61. The van der Waals surface area contributed by atoms with E-state index in [9.17, 15) is 4.39 Å². The molecule has 122 valence electrons. The first-order valence-corrected chi connectivity index (χ1v) is 7.11. The van der Waals surface area contributed by atoms with Gasteiger partial charge >= 0.3 is 0 Å². The molecular formula is C16H17FN2O3S. The summed E-state index contributed by atoms with van der Waals surface area (Å²) >= 11 is 5.24. The number of ether oxygens (including phenoxy) is 3.